The number of hydrogen-bond acceptors (Lipinski definition) is 0. The van der Waals surface area contributed by atoms with Crippen molar-refractivity contribution in [2.75, 3.05) is 0 Å². The Morgan fingerprint density at radius 1 is 0.292 bits per heavy atom. The van der Waals surface area contributed by atoms with Gasteiger partial charge in [-0.1, -0.05) is 152 Å². The third kappa shape index (κ3) is 3.93. The summed E-state index contributed by atoms with van der Waals surface area (Å²) in [6.07, 6.45) is 0. The molecule has 0 bridgehead atoms. The normalized spacial score (nSPS) is 11.8. The zero-order valence-electron chi connectivity index (χ0n) is 26.2. The van der Waals surface area contributed by atoms with Gasteiger partial charge in [0.25, 0.3) is 0 Å². The molecule has 0 unspecified atom stereocenters. The van der Waals surface area contributed by atoms with E-state index in [9.17, 15) is 0 Å². The molecule has 0 saturated carbocycles. The third-order valence-corrected chi connectivity index (χ3v) is 9.92. The first-order valence-electron chi connectivity index (χ1n) is 16.5. The zero-order valence-corrected chi connectivity index (χ0v) is 26.2. The number of hydrogen-bond donors (Lipinski definition) is 0. The smallest absolute Gasteiger partial charge is 0.0789 e. The molecule has 2 heteroatoms. The molecule has 2 nitrogen and oxygen atoms in total. The van der Waals surface area contributed by atoms with Crippen molar-refractivity contribution < 1.29 is 0 Å². The summed E-state index contributed by atoms with van der Waals surface area (Å²) in [5.41, 5.74) is 12.0. The first-order chi connectivity index (χ1) is 23.8. The van der Waals surface area contributed by atoms with Crippen molar-refractivity contribution in [2.45, 2.75) is 0 Å². The highest BCUT2D eigenvalue weighted by molar-refractivity contribution is 6.24. The van der Waals surface area contributed by atoms with Gasteiger partial charge in [0.1, 0.15) is 0 Å². The van der Waals surface area contributed by atoms with Crippen LogP contribution in [0.1, 0.15) is 0 Å². The van der Waals surface area contributed by atoms with Crippen molar-refractivity contribution in [3.8, 4) is 33.6 Å². The fourth-order valence-corrected chi connectivity index (χ4v) is 7.82. The highest BCUT2D eigenvalue weighted by atomic mass is 15.0. The van der Waals surface area contributed by atoms with Gasteiger partial charge in [0, 0.05) is 32.8 Å². The van der Waals surface area contributed by atoms with E-state index in [1.807, 2.05) is 0 Å². The Morgan fingerprint density at radius 3 is 1.56 bits per heavy atom. The monoisotopic (exact) mass is 610 g/mol. The lowest BCUT2D eigenvalue weighted by Gasteiger charge is -2.16. The van der Waals surface area contributed by atoms with E-state index < -0.39 is 0 Å². The van der Waals surface area contributed by atoms with Gasteiger partial charge in [-0.15, -0.1) is 0 Å². The number of aromatic nitrogens is 2. The number of rotatable bonds is 4. The summed E-state index contributed by atoms with van der Waals surface area (Å²) >= 11 is 0. The predicted octanol–water partition coefficient (Wildman–Crippen LogP) is 12.4. The van der Waals surface area contributed by atoms with E-state index >= 15 is 0 Å². The van der Waals surface area contributed by atoms with Crippen LogP contribution in [0.15, 0.2) is 182 Å². The van der Waals surface area contributed by atoms with Crippen molar-refractivity contribution in [1.82, 2.24) is 9.13 Å². The molecule has 0 radical (unpaired) electrons. The van der Waals surface area contributed by atoms with Crippen LogP contribution < -0.4 is 0 Å². The maximum atomic E-state index is 2.50. The summed E-state index contributed by atoms with van der Waals surface area (Å²) in [6, 6.07) is 66.2. The van der Waals surface area contributed by atoms with Gasteiger partial charge < -0.3 is 9.13 Å². The number of nitrogens with zero attached hydrogens (tertiary/aromatic N) is 2. The van der Waals surface area contributed by atoms with E-state index in [0.717, 1.165) is 5.69 Å². The molecule has 2 aromatic heterocycles. The SMILES string of the molecule is c1ccc(-c2ccccc2-n2c3ccccc3c3ccc4c5ccccc5n(-c5ccc(-c6cccc7ccccc67)cc5)c4c32)cc1. The summed E-state index contributed by atoms with van der Waals surface area (Å²) in [4.78, 5) is 0. The van der Waals surface area contributed by atoms with Gasteiger partial charge in [-0.25, -0.2) is 0 Å². The van der Waals surface area contributed by atoms with Gasteiger partial charge in [0.05, 0.1) is 27.8 Å². The molecule has 0 aliphatic carbocycles. The van der Waals surface area contributed by atoms with Crippen LogP contribution in [0, 0.1) is 0 Å². The molecular formula is C46H30N2. The van der Waals surface area contributed by atoms with Crippen molar-refractivity contribution in [2.24, 2.45) is 0 Å². The Bertz CT molecular complexity index is 2810. The Labute approximate surface area is 278 Å². The Balaban J connectivity index is 1.30. The summed E-state index contributed by atoms with van der Waals surface area (Å²) in [5, 5.41) is 7.52. The predicted molar refractivity (Wildman–Crippen MR) is 203 cm³/mol. The lowest BCUT2D eigenvalue weighted by Crippen LogP contribution is -2.00. The Morgan fingerprint density at radius 2 is 0.812 bits per heavy atom. The average Bonchev–Trinajstić information content (AvgIpc) is 3.68. The molecule has 48 heavy (non-hydrogen) atoms. The van der Waals surface area contributed by atoms with E-state index in [0.29, 0.717) is 0 Å². The Hall–Kier alpha value is -6.38. The molecule has 10 aromatic rings. The molecule has 0 aliphatic heterocycles. The van der Waals surface area contributed by atoms with Crippen molar-refractivity contribution in [1.29, 1.82) is 0 Å². The molecule has 0 fully saturated rings. The molecule has 0 amide bonds. The van der Waals surface area contributed by atoms with Gasteiger partial charge in [-0.2, -0.15) is 0 Å². The molecule has 224 valence electrons. The molecule has 8 aromatic carbocycles. The number of para-hydroxylation sites is 3. The highest BCUT2D eigenvalue weighted by Crippen LogP contribution is 2.43. The van der Waals surface area contributed by atoms with Gasteiger partial charge in [-0.05, 0) is 57.8 Å². The van der Waals surface area contributed by atoms with Crippen molar-refractivity contribution >= 4 is 54.4 Å². The van der Waals surface area contributed by atoms with Crippen LogP contribution in [0.5, 0.6) is 0 Å². The second-order valence-electron chi connectivity index (χ2n) is 12.5. The van der Waals surface area contributed by atoms with Gasteiger partial charge >= 0.3 is 0 Å². The molecule has 0 atom stereocenters. The zero-order chi connectivity index (χ0) is 31.6. The molecule has 0 spiro atoms. The summed E-state index contributed by atoms with van der Waals surface area (Å²) < 4.78 is 4.97. The second-order valence-corrected chi connectivity index (χ2v) is 12.5. The first-order valence-corrected chi connectivity index (χ1v) is 16.5. The minimum absolute atomic E-state index is 1.14. The number of benzene rings is 8. The summed E-state index contributed by atoms with van der Waals surface area (Å²) in [7, 11) is 0. The number of fused-ring (bicyclic) bond motifs is 8. The first kappa shape index (κ1) is 26.8. The van der Waals surface area contributed by atoms with Crippen LogP contribution in [0.4, 0.5) is 0 Å². The standard InChI is InChI=1S/C46H30N2/c1-2-13-32(14-3-1)37-18-6-9-22-42(37)48-44-24-11-8-20-39(44)41-30-29-40-38-19-7-10-23-43(38)47(45(40)46(41)48)34-27-25-33(26-28-34)36-21-12-16-31-15-4-5-17-35(31)36/h1-30H. The molecule has 10 rings (SSSR count). The molecular weight excluding hydrogens is 581 g/mol. The average molecular weight is 611 g/mol. The Kier molecular flexibility index (Phi) is 5.91. The summed E-state index contributed by atoms with van der Waals surface area (Å²) in [6.45, 7) is 0. The van der Waals surface area contributed by atoms with Crippen LogP contribution in [0.2, 0.25) is 0 Å². The highest BCUT2D eigenvalue weighted by Gasteiger charge is 2.22. The molecule has 0 aliphatic rings. The minimum atomic E-state index is 1.14. The second kappa shape index (κ2) is 10.6. The maximum absolute atomic E-state index is 2.50. The van der Waals surface area contributed by atoms with E-state index in [1.165, 1.54) is 82.3 Å². The van der Waals surface area contributed by atoms with E-state index in [-0.39, 0.29) is 0 Å². The van der Waals surface area contributed by atoms with Crippen molar-refractivity contribution in [3.05, 3.63) is 182 Å². The largest absolute Gasteiger partial charge is 0.307 e. The fourth-order valence-electron chi connectivity index (χ4n) is 7.82. The molecule has 2 heterocycles. The maximum Gasteiger partial charge on any atom is 0.0789 e. The van der Waals surface area contributed by atoms with Crippen LogP contribution in [0.3, 0.4) is 0 Å². The van der Waals surface area contributed by atoms with Crippen LogP contribution >= 0.6 is 0 Å². The van der Waals surface area contributed by atoms with Gasteiger partial charge in [-0.3, -0.25) is 0 Å². The topological polar surface area (TPSA) is 9.86 Å². The van der Waals surface area contributed by atoms with Gasteiger partial charge in [0.2, 0.25) is 0 Å². The van der Waals surface area contributed by atoms with Crippen LogP contribution in [-0.4, -0.2) is 9.13 Å². The van der Waals surface area contributed by atoms with E-state index in [4.69, 9.17) is 0 Å². The van der Waals surface area contributed by atoms with Crippen LogP contribution in [-0.2, 0) is 0 Å². The quantitative estimate of drug-likeness (QED) is 0.188. The lowest BCUT2D eigenvalue weighted by atomic mass is 9.98. The fraction of sp³-hybridized carbons (Fsp3) is 0. The molecule has 0 saturated heterocycles. The van der Waals surface area contributed by atoms with E-state index in [2.05, 4.69) is 191 Å². The van der Waals surface area contributed by atoms with Gasteiger partial charge in [0.15, 0.2) is 0 Å². The van der Waals surface area contributed by atoms with E-state index in [1.54, 1.807) is 0 Å². The lowest BCUT2D eigenvalue weighted by molar-refractivity contribution is 1.15. The van der Waals surface area contributed by atoms with Crippen LogP contribution in [0.25, 0.3) is 88.0 Å². The summed E-state index contributed by atoms with van der Waals surface area (Å²) in [5.74, 6) is 0. The third-order valence-electron chi connectivity index (χ3n) is 9.92. The van der Waals surface area contributed by atoms with Crippen molar-refractivity contribution in [3.63, 3.8) is 0 Å². The minimum Gasteiger partial charge on any atom is -0.307 e. The molecule has 0 N–H and O–H groups in total.